The third-order valence-corrected chi connectivity index (χ3v) is 8.07. The molecule has 0 radical (unpaired) electrons. The van der Waals surface area contributed by atoms with E-state index in [9.17, 15) is 22.8 Å². The van der Waals surface area contributed by atoms with Crippen LogP contribution in [-0.2, 0) is 4.79 Å². The number of aromatic nitrogens is 5. The normalized spacial score (nSPS) is 18.4. The largest absolute Gasteiger partial charge is 0.318 e. The third kappa shape index (κ3) is 4.89. The fourth-order valence-electron chi connectivity index (χ4n) is 5.32. The summed E-state index contributed by atoms with van der Waals surface area (Å²) in [7, 11) is 0. The first kappa shape index (κ1) is 27.8. The molecule has 2 fully saturated rings. The summed E-state index contributed by atoms with van der Waals surface area (Å²) >= 11 is 5.84. The van der Waals surface area contributed by atoms with Crippen LogP contribution in [0.1, 0.15) is 58.7 Å². The number of nitrogens with zero attached hydrogens (tertiary/aromatic N) is 6. The number of rotatable bonds is 7. The van der Waals surface area contributed by atoms with E-state index in [1.54, 1.807) is 22.0 Å². The fraction of sp³-hybridized carbons (Fsp3) is 0.310. The van der Waals surface area contributed by atoms with Crippen LogP contribution in [0.2, 0.25) is 5.02 Å². The predicted molar refractivity (Wildman–Crippen MR) is 149 cm³/mol. The first-order valence-corrected chi connectivity index (χ1v) is 13.6. The molecule has 2 amide bonds. The van der Waals surface area contributed by atoms with Crippen molar-refractivity contribution in [3.05, 3.63) is 81.9 Å². The molecule has 1 saturated heterocycles. The maximum atomic E-state index is 14.8. The molecular weight excluding hydrogens is 571 g/mol. The van der Waals surface area contributed by atoms with E-state index >= 15 is 0 Å². The van der Waals surface area contributed by atoms with Gasteiger partial charge in [0.2, 0.25) is 5.91 Å². The van der Waals surface area contributed by atoms with Crippen molar-refractivity contribution in [1.29, 1.82) is 0 Å². The summed E-state index contributed by atoms with van der Waals surface area (Å²) in [5, 5.41) is 6.69. The minimum Gasteiger partial charge on any atom is -0.318 e. The SMILES string of the molecule is Cc1cc(C(C)n2cc(NC(=O)c3nc(-c4c(C(F)F)ccc(Cl)c4F)cnc3C)cn2)cnc1N1C[C@H]2C[C@H]2C1=O. The molecule has 3 atom stereocenters. The monoisotopic (exact) mass is 595 g/mol. The van der Waals surface area contributed by atoms with Crippen molar-refractivity contribution in [3.8, 4) is 11.3 Å². The minimum absolute atomic E-state index is 0.140. The summed E-state index contributed by atoms with van der Waals surface area (Å²) in [5.41, 5.74) is 0.773. The van der Waals surface area contributed by atoms with Crippen molar-refractivity contribution < 1.29 is 22.8 Å². The number of hydrogen-bond donors (Lipinski definition) is 1. The molecule has 1 aliphatic heterocycles. The number of fused-ring (bicyclic) bond motifs is 1. The first-order chi connectivity index (χ1) is 20.0. The number of carbonyl (C=O) groups is 2. The number of alkyl halides is 2. The van der Waals surface area contributed by atoms with Crippen LogP contribution in [0.3, 0.4) is 0 Å². The number of anilines is 2. The molecule has 9 nitrogen and oxygen atoms in total. The molecule has 0 bridgehead atoms. The van der Waals surface area contributed by atoms with Gasteiger partial charge < -0.3 is 5.32 Å². The number of nitrogens with one attached hydrogen (secondary N) is 1. The lowest BCUT2D eigenvalue weighted by atomic mass is 10.0. The van der Waals surface area contributed by atoms with E-state index in [4.69, 9.17) is 11.6 Å². The summed E-state index contributed by atoms with van der Waals surface area (Å²) in [5.74, 6) is -0.343. The Labute approximate surface area is 243 Å². The molecule has 4 aromatic rings. The van der Waals surface area contributed by atoms with E-state index in [1.165, 1.54) is 13.1 Å². The Bertz CT molecular complexity index is 1740. The molecule has 1 unspecified atom stereocenters. The lowest BCUT2D eigenvalue weighted by molar-refractivity contribution is -0.118. The number of halogens is 4. The van der Waals surface area contributed by atoms with Crippen LogP contribution in [0.15, 0.2) is 43.0 Å². The summed E-state index contributed by atoms with van der Waals surface area (Å²) < 4.78 is 43.7. The van der Waals surface area contributed by atoms with Crippen molar-refractivity contribution in [2.45, 2.75) is 39.7 Å². The molecule has 1 saturated carbocycles. The third-order valence-electron chi connectivity index (χ3n) is 7.78. The van der Waals surface area contributed by atoms with Gasteiger partial charge in [-0.05, 0) is 56.4 Å². The number of benzene rings is 1. The van der Waals surface area contributed by atoms with Crippen molar-refractivity contribution >= 4 is 34.9 Å². The average Bonchev–Trinajstić information content (AvgIpc) is 3.46. The van der Waals surface area contributed by atoms with Crippen molar-refractivity contribution in [2.75, 3.05) is 16.8 Å². The highest BCUT2D eigenvalue weighted by molar-refractivity contribution is 6.31. The topological polar surface area (TPSA) is 106 Å². The zero-order valence-corrected chi connectivity index (χ0v) is 23.5. The van der Waals surface area contributed by atoms with Crippen LogP contribution >= 0.6 is 11.6 Å². The lowest BCUT2D eigenvalue weighted by Crippen LogP contribution is -2.29. The van der Waals surface area contributed by atoms with E-state index in [0.29, 0.717) is 24.0 Å². The van der Waals surface area contributed by atoms with Gasteiger partial charge in [-0.25, -0.2) is 23.1 Å². The molecular formula is C29H25ClF3N7O2. The molecule has 1 aromatic carbocycles. The molecule has 2 aliphatic rings. The van der Waals surface area contributed by atoms with Gasteiger partial charge in [0, 0.05) is 36.0 Å². The standard InChI is InChI=1S/C29H25ClF3N7O2/c1-13-6-16(8-35-27(13)39-11-17-7-20(17)29(39)42)15(3)40-12-18(9-36-40)37-28(41)25-14(2)34-10-22(38-25)23-19(26(32)33)4-5-21(30)24(23)31/h4-6,8-10,12,15,17,20,26H,7,11H2,1-3H3,(H,37,41)/t15?,17-,20-/m1/s1. The van der Waals surface area contributed by atoms with Crippen LogP contribution in [0.4, 0.5) is 24.7 Å². The second-order valence-corrected chi connectivity index (χ2v) is 11.0. The van der Waals surface area contributed by atoms with Gasteiger partial charge in [-0.3, -0.25) is 24.2 Å². The van der Waals surface area contributed by atoms with Gasteiger partial charge >= 0.3 is 0 Å². The van der Waals surface area contributed by atoms with E-state index in [-0.39, 0.29) is 40.0 Å². The Balaban J connectivity index is 1.20. The minimum atomic E-state index is -3.00. The summed E-state index contributed by atoms with van der Waals surface area (Å²) in [6, 6.07) is 3.78. The molecule has 0 spiro atoms. The summed E-state index contributed by atoms with van der Waals surface area (Å²) in [6.45, 7) is 6.08. The average molecular weight is 596 g/mol. The molecule has 6 rings (SSSR count). The highest BCUT2D eigenvalue weighted by Gasteiger charge is 2.53. The Hall–Kier alpha value is -4.32. The zero-order valence-electron chi connectivity index (χ0n) is 22.8. The van der Waals surface area contributed by atoms with Gasteiger partial charge in [-0.1, -0.05) is 17.7 Å². The van der Waals surface area contributed by atoms with Crippen LogP contribution in [-0.4, -0.2) is 43.1 Å². The molecule has 13 heteroatoms. The number of carbonyl (C=O) groups excluding carboxylic acids is 2. The zero-order chi connectivity index (χ0) is 29.9. The van der Waals surface area contributed by atoms with Gasteiger partial charge in [0.25, 0.3) is 12.3 Å². The molecule has 1 N–H and O–H groups in total. The Morgan fingerprint density at radius 3 is 2.64 bits per heavy atom. The molecule has 1 aliphatic carbocycles. The second-order valence-electron chi connectivity index (χ2n) is 10.6. The summed E-state index contributed by atoms with van der Waals surface area (Å²) in [6.07, 6.45) is 3.90. The molecule has 42 heavy (non-hydrogen) atoms. The first-order valence-electron chi connectivity index (χ1n) is 13.3. The van der Waals surface area contributed by atoms with Crippen molar-refractivity contribution in [2.24, 2.45) is 11.8 Å². The predicted octanol–water partition coefficient (Wildman–Crippen LogP) is 5.93. The van der Waals surface area contributed by atoms with Gasteiger partial charge in [0.1, 0.15) is 11.5 Å². The number of aryl methyl sites for hydroxylation is 2. The van der Waals surface area contributed by atoms with Gasteiger partial charge in [0.15, 0.2) is 5.82 Å². The quantitative estimate of drug-likeness (QED) is 0.284. The number of piperidine rings is 1. The second kappa shape index (κ2) is 10.5. The van der Waals surface area contributed by atoms with Crippen LogP contribution in [0, 0.1) is 31.5 Å². The van der Waals surface area contributed by atoms with E-state index in [2.05, 4.69) is 25.4 Å². The fourth-order valence-corrected chi connectivity index (χ4v) is 5.48. The maximum Gasteiger partial charge on any atom is 0.276 e. The van der Waals surface area contributed by atoms with E-state index in [0.717, 1.165) is 35.9 Å². The van der Waals surface area contributed by atoms with Gasteiger partial charge in [-0.15, -0.1) is 0 Å². The Morgan fingerprint density at radius 1 is 1.17 bits per heavy atom. The number of amides is 2. The number of hydrogen-bond acceptors (Lipinski definition) is 6. The van der Waals surface area contributed by atoms with Crippen LogP contribution in [0.5, 0.6) is 0 Å². The Kier molecular flexibility index (Phi) is 6.96. The molecule has 216 valence electrons. The van der Waals surface area contributed by atoms with Crippen LogP contribution in [0.25, 0.3) is 11.3 Å². The summed E-state index contributed by atoms with van der Waals surface area (Å²) in [4.78, 5) is 40.2. The van der Waals surface area contributed by atoms with Gasteiger partial charge in [-0.2, -0.15) is 5.10 Å². The molecule has 3 aromatic heterocycles. The van der Waals surface area contributed by atoms with E-state index < -0.39 is 29.3 Å². The van der Waals surface area contributed by atoms with Gasteiger partial charge in [0.05, 0.1) is 40.5 Å². The number of pyridine rings is 1. The highest BCUT2D eigenvalue weighted by Crippen LogP contribution is 2.47. The van der Waals surface area contributed by atoms with Crippen molar-refractivity contribution in [3.63, 3.8) is 0 Å². The van der Waals surface area contributed by atoms with Crippen LogP contribution < -0.4 is 10.2 Å². The Morgan fingerprint density at radius 2 is 1.95 bits per heavy atom. The highest BCUT2D eigenvalue weighted by atomic mass is 35.5. The van der Waals surface area contributed by atoms with Crippen molar-refractivity contribution in [1.82, 2.24) is 24.7 Å². The molecule has 4 heterocycles. The smallest absolute Gasteiger partial charge is 0.276 e. The van der Waals surface area contributed by atoms with E-state index in [1.807, 2.05) is 19.9 Å². The maximum absolute atomic E-state index is 14.8. The lowest BCUT2D eigenvalue weighted by Gasteiger charge is -2.21.